The van der Waals surface area contributed by atoms with Gasteiger partial charge in [0.2, 0.25) is 0 Å². The molecule has 1 fully saturated rings. The molecule has 0 unspecified atom stereocenters. The summed E-state index contributed by atoms with van der Waals surface area (Å²) in [5, 5.41) is 7.37. The lowest BCUT2D eigenvalue weighted by Crippen LogP contribution is -2.27. The first-order valence-electron chi connectivity index (χ1n) is 7.22. The Balaban J connectivity index is 1.88. The van der Waals surface area contributed by atoms with E-state index in [-0.39, 0.29) is 12.5 Å². The Morgan fingerprint density at radius 2 is 1.75 bits per heavy atom. The predicted molar refractivity (Wildman–Crippen MR) is 83.2 cm³/mol. The smallest absolute Gasteiger partial charge is 0.259 e. The SMILES string of the molecule is Cc1cc(C)c(NCC(=O)NN=C2CCCC2)c(C)c1. The van der Waals surface area contributed by atoms with E-state index in [2.05, 4.69) is 48.7 Å². The van der Waals surface area contributed by atoms with Gasteiger partial charge in [0.1, 0.15) is 0 Å². The van der Waals surface area contributed by atoms with Crippen LogP contribution in [0, 0.1) is 20.8 Å². The molecule has 0 aromatic heterocycles. The maximum atomic E-state index is 11.8. The van der Waals surface area contributed by atoms with E-state index in [4.69, 9.17) is 0 Å². The Morgan fingerprint density at radius 3 is 2.35 bits per heavy atom. The Kier molecular flexibility index (Phi) is 4.77. The zero-order chi connectivity index (χ0) is 14.5. The number of hydrazone groups is 1. The van der Waals surface area contributed by atoms with Gasteiger partial charge in [-0.25, -0.2) is 5.43 Å². The van der Waals surface area contributed by atoms with Crippen molar-refractivity contribution in [3.8, 4) is 0 Å². The number of rotatable bonds is 4. The van der Waals surface area contributed by atoms with Crippen molar-refractivity contribution in [1.82, 2.24) is 5.43 Å². The topological polar surface area (TPSA) is 53.5 Å². The van der Waals surface area contributed by atoms with Crippen molar-refractivity contribution in [1.29, 1.82) is 0 Å². The second-order valence-corrected chi connectivity index (χ2v) is 5.55. The van der Waals surface area contributed by atoms with Gasteiger partial charge in [-0.3, -0.25) is 4.79 Å². The Hall–Kier alpha value is -1.84. The summed E-state index contributed by atoms with van der Waals surface area (Å²) in [6, 6.07) is 4.23. The lowest BCUT2D eigenvalue weighted by molar-refractivity contribution is -0.119. The van der Waals surface area contributed by atoms with Gasteiger partial charge in [-0.1, -0.05) is 17.7 Å². The number of carbonyl (C=O) groups is 1. The van der Waals surface area contributed by atoms with Gasteiger partial charge >= 0.3 is 0 Å². The minimum atomic E-state index is -0.0937. The predicted octanol–water partition coefficient (Wildman–Crippen LogP) is 3.07. The highest BCUT2D eigenvalue weighted by molar-refractivity contribution is 5.88. The second-order valence-electron chi connectivity index (χ2n) is 5.55. The summed E-state index contributed by atoms with van der Waals surface area (Å²) in [7, 11) is 0. The van der Waals surface area contributed by atoms with Gasteiger partial charge in [-0.2, -0.15) is 5.10 Å². The summed E-state index contributed by atoms with van der Waals surface area (Å²) in [5.74, 6) is -0.0937. The van der Waals surface area contributed by atoms with Crippen LogP contribution in [-0.4, -0.2) is 18.2 Å². The van der Waals surface area contributed by atoms with E-state index < -0.39 is 0 Å². The summed E-state index contributed by atoms with van der Waals surface area (Å²) in [4.78, 5) is 11.8. The van der Waals surface area contributed by atoms with E-state index >= 15 is 0 Å². The molecule has 2 N–H and O–H groups in total. The van der Waals surface area contributed by atoms with E-state index in [1.807, 2.05) is 0 Å². The molecule has 0 aliphatic heterocycles. The van der Waals surface area contributed by atoms with Crippen molar-refractivity contribution in [3.05, 3.63) is 28.8 Å². The second kappa shape index (κ2) is 6.55. The van der Waals surface area contributed by atoms with Crippen LogP contribution in [0.3, 0.4) is 0 Å². The minimum Gasteiger partial charge on any atom is -0.376 e. The molecule has 1 aliphatic rings. The largest absolute Gasteiger partial charge is 0.376 e. The first-order chi connectivity index (χ1) is 9.56. The third kappa shape index (κ3) is 3.83. The molecule has 0 bridgehead atoms. The van der Waals surface area contributed by atoms with E-state index in [0.29, 0.717) is 0 Å². The van der Waals surface area contributed by atoms with E-state index in [1.165, 1.54) is 18.4 Å². The highest BCUT2D eigenvalue weighted by Gasteiger charge is 2.09. The molecule has 0 radical (unpaired) electrons. The number of aryl methyl sites for hydroxylation is 3. The van der Waals surface area contributed by atoms with Crippen LogP contribution in [0.2, 0.25) is 0 Å². The summed E-state index contributed by atoms with van der Waals surface area (Å²) in [6.07, 6.45) is 4.41. The molecule has 0 atom stereocenters. The normalized spacial score (nSPS) is 14.2. The molecular formula is C16H23N3O. The number of nitrogens with one attached hydrogen (secondary N) is 2. The van der Waals surface area contributed by atoms with E-state index in [0.717, 1.165) is 35.4 Å². The average molecular weight is 273 g/mol. The zero-order valence-electron chi connectivity index (χ0n) is 12.5. The fraction of sp³-hybridized carbons (Fsp3) is 0.500. The Morgan fingerprint density at radius 1 is 1.15 bits per heavy atom. The van der Waals surface area contributed by atoms with Crippen LogP contribution < -0.4 is 10.7 Å². The van der Waals surface area contributed by atoms with Crippen LogP contribution in [-0.2, 0) is 4.79 Å². The third-order valence-corrected chi connectivity index (χ3v) is 3.62. The van der Waals surface area contributed by atoms with Crippen molar-refractivity contribution in [2.45, 2.75) is 46.5 Å². The van der Waals surface area contributed by atoms with Gasteiger partial charge in [-0.05, 0) is 57.6 Å². The van der Waals surface area contributed by atoms with Crippen LogP contribution in [0.4, 0.5) is 5.69 Å². The molecular weight excluding hydrogens is 250 g/mol. The number of hydrogen-bond acceptors (Lipinski definition) is 3. The van der Waals surface area contributed by atoms with Crippen molar-refractivity contribution < 1.29 is 4.79 Å². The number of hydrogen-bond donors (Lipinski definition) is 2. The maximum absolute atomic E-state index is 11.8. The number of anilines is 1. The highest BCUT2D eigenvalue weighted by Crippen LogP contribution is 2.21. The van der Waals surface area contributed by atoms with Crippen LogP contribution in [0.25, 0.3) is 0 Å². The average Bonchev–Trinajstić information content (AvgIpc) is 2.88. The highest BCUT2D eigenvalue weighted by atomic mass is 16.2. The lowest BCUT2D eigenvalue weighted by Gasteiger charge is -2.13. The minimum absolute atomic E-state index is 0.0937. The zero-order valence-corrected chi connectivity index (χ0v) is 12.5. The maximum Gasteiger partial charge on any atom is 0.259 e. The quantitative estimate of drug-likeness (QED) is 0.828. The summed E-state index contributed by atoms with van der Waals surface area (Å²) >= 11 is 0. The molecule has 0 saturated heterocycles. The summed E-state index contributed by atoms with van der Waals surface area (Å²) in [6.45, 7) is 6.44. The molecule has 4 heteroatoms. The third-order valence-electron chi connectivity index (χ3n) is 3.62. The van der Waals surface area contributed by atoms with Crippen LogP contribution in [0.5, 0.6) is 0 Å². The number of benzene rings is 1. The van der Waals surface area contributed by atoms with E-state index in [9.17, 15) is 4.79 Å². The molecule has 20 heavy (non-hydrogen) atoms. The van der Waals surface area contributed by atoms with Gasteiger partial charge in [-0.15, -0.1) is 0 Å². The summed E-state index contributed by atoms with van der Waals surface area (Å²) in [5.41, 5.74) is 8.35. The van der Waals surface area contributed by atoms with Crippen LogP contribution in [0.1, 0.15) is 42.4 Å². The van der Waals surface area contributed by atoms with Crippen molar-refractivity contribution in [3.63, 3.8) is 0 Å². The number of amides is 1. The monoisotopic (exact) mass is 273 g/mol. The van der Waals surface area contributed by atoms with E-state index in [1.54, 1.807) is 0 Å². The molecule has 1 aliphatic carbocycles. The fourth-order valence-electron chi connectivity index (χ4n) is 2.70. The molecule has 1 amide bonds. The summed E-state index contributed by atoms with van der Waals surface area (Å²) < 4.78 is 0. The van der Waals surface area contributed by atoms with Crippen LogP contribution in [0.15, 0.2) is 17.2 Å². The van der Waals surface area contributed by atoms with Crippen molar-refractivity contribution >= 4 is 17.3 Å². The molecule has 1 aromatic carbocycles. The Bertz CT molecular complexity index is 504. The lowest BCUT2D eigenvalue weighted by atomic mass is 10.1. The number of carbonyl (C=O) groups excluding carboxylic acids is 1. The number of nitrogens with zero attached hydrogens (tertiary/aromatic N) is 1. The van der Waals surface area contributed by atoms with Gasteiger partial charge in [0.05, 0.1) is 6.54 Å². The first kappa shape index (κ1) is 14.6. The molecule has 1 saturated carbocycles. The van der Waals surface area contributed by atoms with Gasteiger partial charge in [0, 0.05) is 11.4 Å². The van der Waals surface area contributed by atoms with Crippen molar-refractivity contribution in [2.24, 2.45) is 5.10 Å². The molecule has 108 valence electrons. The molecule has 4 nitrogen and oxygen atoms in total. The van der Waals surface area contributed by atoms with Crippen LogP contribution >= 0.6 is 0 Å². The molecule has 2 rings (SSSR count). The molecule has 0 heterocycles. The molecule has 1 aromatic rings. The van der Waals surface area contributed by atoms with Gasteiger partial charge < -0.3 is 5.32 Å². The first-order valence-corrected chi connectivity index (χ1v) is 7.22. The fourth-order valence-corrected chi connectivity index (χ4v) is 2.70. The van der Waals surface area contributed by atoms with Gasteiger partial charge in [0.25, 0.3) is 5.91 Å². The van der Waals surface area contributed by atoms with Crippen molar-refractivity contribution in [2.75, 3.05) is 11.9 Å². The molecule has 0 spiro atoms. The Labute approximate surface area is 120 Å². The standard InChI is InChI=1S/C16H23N3O/c1-11-8-12(2)16(13(3)9-11)17-10-15(20)19-18-14-6-4-5-7-14/h8-9,17H,4-7,10H2,1-3H3,(H,19,20). The van der Waals surface area contributed by atoms with Gasteiger partial charge in [0.15, 0.2) is 0 Å².